The Bertz CT molecular complexity index is 383. The van der Waals surface area contributed by atoms with E-state index in [4.69, 9.17) is 0 Å². The third-order valence-corrected chi connectivity index (χ3v) is 9.53. The standard InChI is InChI=1S/C24H50/c1-15-20(23(12,13)22(10,11)18(5)6)24(14,16-2)19(7)21(8,9)17(3)4/h17-20H,15-16H2,1-14H3. The minimum Gasteiger partial charge on any atom is -0.0651 e. The second-order valence-electron chi connectivity index (χ2n) is 11.1. The Hall–Kier alpha value is 0. The van der Waals surface area contributed by atoms with Gasteiger partial charge in [0.15, 0.2) is 0 Å². The predicted octanol–water partition coefficient (Wildman–Crippen LogP) is 8.46. The first-order chi connectivity index (χ1) is 10.5. The molecule has 0 aliphatic carbocycles. The van der Waals surface area contributed by atoms with Gasteiger partial charge in [0.2, 0.25) is 0 Å². The van der Waals surface area contributed by atoms with Gasteiger partial charge >= 0.3 is 0 Å². The van der Waals surface area contributed by atoms with Crippen molar-refractivity contribution >= 4 is 0 Å². The van der Waals surface area contributed by atoms with Crippen LogP contribution in [0.1, 0.15) is 110 Å². The van der Waals surface area contributed by atoms with E-state index in [0.29, 0.717) is 39.4 Å². The van der Waals surface area contributed by atoms with Crippen molar-refractivity contribution in [3.8, 4) is 0 Å². The van der Waals surface area contributed by atoms with Crippen LogP contribution in [0.2, 0.25) is 0 Å². The van der Waals surface area contributed by atoms with Crippen molar-refractivity contribution in [3.63, 3.8) is 0 Å². The Balaban J connectivity index is 6.16. The summed E-state index contributed by atoms with van der Waals surface area (Å²) in [4.78, 5) is 0. The minimum absolute atomic E-state index is 0.308. The molecule has 0 aromatic heterocycles. The zero-order valence-electron chi connectivity index (χ0n) is 19.7. The highest BCUT2D eigenvalue weighted by Crippen LogP contribution is 2.61. The molecule has 0 radical (unpaired) electrons. The molecule has 0 nitrogen and oxygen atoms in total. The van der Waals surface area contributed by atoms with E-state index in [1.165, 1.54) is 12.8 Å². The van der Waals surface area contributed by atoms with Gasteiger partial charge in [0.05, 0.1) is 0 Å². The lowest BCUT2D eigenvalue weighted by molar-refractivity contribution is -0.107. The van der Waals surface area contributed by atoms with Gasteiger partial charge in [0, 0.05) is 0 Å². The molecule has 0 spiro atoms. The molecule has 0 fully saturated rings. The molecule has 0 aliphatic heterocycles. The van der Waals surface area contributed by atoms with Crippen molar-refractivity contribution in [1.29, 1.82) is 0 Å². The van der Waals surface area contributed by atoms with Crippen LogP contribution in [0.4, 0.5) is 0 Å². The average Bonchev–Trinajstić information content (AvgIpc) is 2.45. The second kappa shape index (κ2) is 7.71. The van der Waals surface area contributed by atoms with E-state index in [1.54, 1.807) is 0 Å². The SMILES string of the molecule is CCC(C(C)(CC)C(C)C(C)(C)C(C)C)C(C)(C)C(C)(C)C(C)C. The zero-order valence-corrected chi connectivity index (χ0v) is 19.7. The van der Waals surface area contributed by atoms with Gasteiger partial charge in [-0.2, -0.15) is 0 Å². The van der Waals surface area contributed by atoms with E-state index in [2.05, 4.69) is 96.9 Å². The number of hydrogen-bond donors (Lipinski definition) is 0. The largest absolute Gasteiger partial charge is 0.0651 e. The summed E-state index contributed by atoms with van der Waals surface area (Å²) in [5.74, 6) is 2.82. The molecule has 146 valence electrons. The maximum atomic E-state index is 2.59. The van der Waals surface area contributed by atoms with Gasteiger partial charge in [-0.25, -0.2) is 0 Å². The Morgan fingerprint density at radius 2 is 1.04 bits per heavy atom. The summed E-state index contributed by atoms with van der Waals surface area (Å²) < 4.78 is 0. The van der Waals surface area contributed by atoms with E-state index < -0.39 is 0 Å². The molecule has 0 saturated heterocycles. The van der Waals surface area contributed by atoms with Crippen molar-refractivity contribution in [1.82, 2.24) is 0 Å². The van der Waals surface area contributed by atoms with Crippen LogP contribution in [-0.2, 0) is 0 Å². The molecular weight excluding hydrogens is 288 g/mol. The van der Waals surface area contributed by atoms with E-state index in [9.17, 15) is 0 Å². The Labute approximate surface area is 155 Å². The number of hydrogen-bond acceptors (Lipinski definition) is 0. The molecule has 0 aromatic rings. The van der Waals surface area contributed by atoms with Crippen molar-refractivity contribution in [2.24, 2.45) is 45.3 Å². The summed E-state index contributed by atoms with van der Waals surface area (Å²) in [6.45, 7) is 34.6. The summed E-state index contributed by atoms with van der Waals surface area (Å²) in [6.07, 6.45) is 2.53. The van der Waals surface area contributed by atoms with Gasteiger partial charge in [-0.15, -0.1) is 0 Å². The van der Waals surface area contributed by atoms with E-state index in [-0.39, 0.29) is 0 Å². The lowest BCUT2D eigenvalue weighted by atomic mass is 9.46. The van der Waals surface area contributed by atoms with Gasteiger partial charge < -0.3 is 0 Å². The van der Waals surface area contributed by atoms with E-state index in [0.717, 1.165) is 5.92 Å². The van der Waals surface area contributed by atoms with Crippen LogP contribution in [0, 0.1) is 45.3 Å². The monoisotopic (exact) mass is 338 g/mol. The lowest BCUT2D eigenvalue weighted by Crippen LogP contribution is -2.52. The Kier molecular flexibility index (Phi) is 7.71. The van der Waals surface area contributed by atoms with Crippen LogP contribution in [-0.4, -0.2) is 0 Å². The van der Waals surface area contributed by atoms with Crippen LogP contribution in [0.15, 0.2) is 0 Å². The van der Waals surface area contributed by atoms with Crippen LogP contribution in [0.3, 0.4) is 0 Å². The summed E-state index contributed by atoms with van der Waals surface area (Å²) in [7, 11) is 0. The maximum Gasteiger partial charge on any atom is -0.0264 e. The first-order valence-electron chi connectivity index (χ1n) is 10.5. The molecule has 0 rings (SSSR count). The Morgan fingerprint density at radius 3 is 1.29 bits per heavy atom. The molecule has 24 heavy (non-hydrogen) atoms. The third-order valence-electron chi connectivity index (χ3n) is 9.53. The molecule has 0 saturated carbocycles. The summed E-state index contributed by atoms with van der Waals surface area (Å²) in [6, 6.07) is 0. The van der Waals surface area contributed by atoms with Crippen molar-refractivity contribution in [3.05, 3.63) is 0 Å². The Morgan fingerprint density at radius 1 is 0.625 bits per heavy atom. The highest BCUT2D eigenvalue weighted by atomic mass is 14.6. The first-order valence-corrected chi connectivity index (χ1v) is 10.5. The summed E-state index contributed by atoms with van der Waals surface area (Å²) >= 11 is 0. The van der Waals surface area contributed by atoms with Gasteiger partial charge in [-0.1, -0.05) is 110 Å². The first kappa shape index (κ1) is 24.0. The number of rotatable bonds is 9. The molecule has 0 heterocycles. The summed E-state index contributed by atoms with van der Waals surface area (Å²) in [5.41, 5.74) is 1.35. The minimum atomic E-state index is 0.308. The molecule has 3 unspecified atom stereocenters. The third kappa shape index (κ3) is 3.88. The van der Waals surface area contributed by atoms with Crippen molar-refractivity contribution < 1.29 is 0 Å². The lowest BCUT2D eigenvalue weighted by Gasteiger charge is -2.59. The molecule has 0 amide bonds. The van der Waals surface area contributed by atoms with Gasteiger partial charge in [0.1, 0.15) is 0 Å². The normalized spacial score (nSPS) is 19.5. The molecule has 0 aliphatic rings. The molecule has 0 N–H and O–H groups in total. The van der Waals surface area contributed by atoms with Gasteiger partial charge in [-0.3, -0.25) is 0 Å². The smallest absolute Gasteiger partial charge is 0.0264 e. The van der Waals surface area contributed by atoms with E-state index in [1.807, 2.05) is 0 Å². The van der Waals surface area contributed by atoms with Crippen molar-refractivity contribution in [2.75, 3.05) is 0 Å². The predicted molar refractivity (Wildman–Crippen MR) is 112 cm³/mol. The van der Waals surface area contributed by atoms with E-state index >= 15 is 0 Å². The average molecular weight is 339 g/mol. The molecule has 0 aromatic carbocycles. The fraction of sp³-hybridized carbons (Fsp3) is 1.00. The fourth-order valence-corrected chi connectivity index (χ4v) is 5.20. The van der Waals surface area contributed by atoms with Crippen LogP contribution < -0.4 is 0 Å². The van der Waals surface area contributed by atoms with Gasteiger partial charge in [0.25, 0.3) is 0 Å². The van der Waals surface area contributed by atoms with Crippen LogP contribution >= 0.6 is 0 Å². The van der Waals surface area contributed by atoms with Crippen LogP contribution in [0.5, 0.6) is 0 Å². The van der Waals surface area contributed by atoms with Crippen LogP contribution in [0.25, 0.3) is 0 Å². The quantitative estimate of drug-likeness (QED) is 0.395. The molecule has 0 bridgehead atoms. The molecular formula is C24H50. The fourth-order valence-electron chi connectivity index (χ4n) is 5.20. The maximum absolute atomic E-state index is 2.59. The second-order valence-corrected chi connectivity index (χ2v) is 11.1. The molecule has 0 heteroatoms. The van der Waals surface area contributed by atoms with Gasteiger partial charge in [-0.05, 0) is 45.3 Å². The zero-order chi connectivity index (χ0) is 19.7. The topological polar surface area (TPSA) is 0 Å². The molecule has 3 atom stereocenters. The highest BCUT2D eigenvalue weighted by molar-refractivity contribution is 5.02. The highest BCUT2D eigenvalue weighted by Gasteiger charge is 2.54. The summed E-state index contributed by atoms with van der Waals surface area (Å²) in [5, 5.41) is 0. The van der Waals surface area contributed by atoms with Crippen molar-refractivity contribution in [2.45, 2.75) is 110 Å².